The number of hydrogen-bond donors (Lipinski definition) is 0. The van der Waals surface area contributed by atoms with Crippen LogP contribution >= 0.6 is 0 Å². The molecule has 0 fully saturated rings. The zero-order valence-corrected chi connectivity index (χ0v) is 17.4. The lowest BCUT2D eigenvalue weighted by atomic mass is 9.75. The van der Waals surface area contributed by atoms with E-state index in [0.717, 1.165) is 11.3 Å². The lowest BCUT2D eigenvalue weighted by Crippen LogP contribution is -2.34. The molecule has 2 heterocycles. The van der Waals surface area contributed by atoms with Gasteiger partial charge in [-0.25, -0.2) is 4.99 Å². The third-order valence-electron chi connectivity index (χ3n) is 5.12. The van der Waals surface area contributed by atoms with Crippen molar-refractivity contribution in [3.63, 3.8) is 0 Å². The van der Waals surface area contributed by atoms with Crippen LogP contribution in [0.4, 0.5) is 11.5 Å². The van der Waals surface area contributed by atoms with Crippen LogP contribution in [0, 0.1) is 22.0 Å². The summed E-state index contributed by atoms with van der Waals surface area (Å²) in [6.07, 6.45) is 0.685. The van der Waals surface area contributed by atoms with Crippen LogP contribution in [0.25, 0.3) is 0 Å². The quantitative estimate of drug-likeness (QED) is 0.417. The molecule has 0 saturated carbocycles. The summed E-state index contributed by atoms with van der Waals surface area (Å²) >= 11 is 0. The molecule has 0 bridgehead atoms. The third-order valence-corrected chi connectivity index (χ3v) is 5.12. The fourth-order valence-electron chi connectivity index (χ4n) is 4.01. The molecule has 1 aliphatic heterocycles. The zero-order chi connectivity index (χ0) is 21.3. The zero-order valence-electron chi connectivity index (χ0n) is 17.4. The van der Waals surface area contributed by atoms with Crippen molar-refractivity contribution in [3.8, 4) is 0 Å². The third kappa shape index (κ3) is 3.79. The molecular formula is C21H26N4O4. The van der Waals surface area contributed by atoms with Gasteiger partial charge in [0, 0.05) is 35.9 Å². The van der Waals surface area contributed by atoms with Crippen LogP contribution < -0.4 is 0 Å². The van der Waals surface area contributed by atoms with Crippen molar-refractivity contribution in [1.82, 2.24) is 9.78 Å². The van der Waals surface area contributed by atoms with Gasteiger partial charge in [0.25, 0.3) is 5.69 Å². The summed E-state index contributed by atoms with van der Waals surface area (Å²) in [7, 11) is 1.81. The molecule has 0 N–H and O–H groups in total. The predicted molar refractivity (Wildman–Crippen MR) is 110 cm³/mol. The maximum absolute atomic E-state index is 12.9. The number of hydrogen-bond acceptors (Lipinski definition) is 6. The Hall–Kier alpha value is -3.03. The van der Waals surface area contributed by atoms with Crippen molar-refractivity contribution in [1.29, 1.82) is 0 Å². The van der Waals surface area contributed by atoms with Crippen molar-refractivity contribution >= 4 is 23.2 Å². The van der Waals surface area contributed by atoms with Crippen LogP contribution in [0.15, 0.2) is 29.3 Å². The standard InChI is InChI=1S/C21H26N4O4/c1-6-29-21(26)17-13(4)22-20-19(15(11-12(2)3)23-24(20)5)18(17)14-9-7-8-10-16(14)25(27)28/h7-10,12,17-18H,6,11H2,1-5H3. The van der Waals surface area contributed by atoms with Gasteiger partial charge >= 0.3 is 5.97 Å². The number of aliphatic imine (C=N–C) groups is 1. The summed E-state index contributed by atoms with van der Waals surface area (Å²) < 4.78 is 7.02. The van der Waals surface area contributed by atoms with Gasteiger partial charge in [0.2, 0.25) is 0 Å². The Bertz CT molecular complexity index is 977. The summed E-state index contributed by atoms with van der Waals surface area (Å²) in [5.74, 6) is -0.776. The minimum Gasteiger partial charge on any atom is -0.465 e. The summed E-state index contributed by atoms with van der Waals surface area (Å²) in [5, 5.41) is 16.4. The number of nitro groups is 1. The number of carbonyl (C=O) groups is 1. The second-order valence-electron chi connectivity index (χ2n) is 7.68. The number of ether oxygens (including phenoxy) is 1. The monoisotopic (exact) mass is 398 g/mol. The van der Waals surface area contributed by atoms with Crippen molar-refractivity contribution < 1.29 is 14.5 Å². The lowest BCUT2D eigenvalue weighted by Gasteiger charge is -2.30. The summed E-state index contributed by atoms with van der Waals surface area (Å²) in [6, 6.07) is 6.56. The topological polar surface area (TPSA) is 99.6 Å². The molecule has 0 radical (unpaired) electrons. The van der Waals surface area contributed by atoms with E-state index in [1.54, 1.807) is 43.8 Å². The molecule has 29 heavy (non-hydrogen) atoms. The highest BCUT2D eigenvalue weighted by Gasteiger charge is 2.44. The van der Waals surface area contributed by atoms with E-state index in [0.29, 0.717) is 29.4 Å². The summed E-state index contributed by atoms with van der Waals surface area (Å²) in [4.78, 5) is 28.9. The molecule has 3 rings (SSSR count). The minimum absolute atomic E-state index is 0.0215. The Labute approximate surface area is 169 Å². The van der Waals surface area contributed by atoms with Gasteiger partial charge in [0.15, 0.2) is 5.82 Å². The molecule has 8 heteroatoms. The smallest absolute Gasteiger partial charge is 0.315 e. The SMILES string of the molecule is CCOC(=O)C1C(C)=Nc2c(c(CC(C)C)nn2C)C1c1ccccc1[N+](=O)[O-]. The number of rotatable bonds is 6. The second-order valence-corrected chi connectivity index (χ2v) is 7.68. The number of fused-ring (bicyclic) bond motifs is 1. The van der Waals surface area contributed by atoms with Gasteiger partial charge in [0.05, 0.1) is 17.2 Å². The van der Waals surface area contributed by atoms with Crippen LogP contribution in [0.5, 0.6) is 0 Å². The Kier molecular flexibility index (Phi) is 5.81. The Balaban J connectivity index is 2.31. The highest BCUT2D eigenvalue weighted by atomic mass is 16.6. The Morgan fingerprint density at radius 2 is 2.03 bits per heavy atom. The normalized spacial score (nSPS) is 18.3. The molecule has 2 unspecified atom stereocenters. The van der Waals surface area contributed by atoms with Crippen LogP contribution in [-0.2, 0) is 23.0 Å². The Morgan fingerprint density at radius 3 is 2.66 bits per heavy atom. The van der Waals surface area contributed by atoms with E-state index in [4.69, 9.17) is 4.74 Å². The maximum atomic E-state index is 12.9. The first-order valence-corrected chi connectivity index (χ1v) is 9.77. The van der Waals surface area contributed by atoms with Gasteiger partial charge in [-0.3, -0.25) is 19.6 Å². The number of aryl methyl sites for hydroxylation is 1. The van der Waals surface area contributed by atoms with Gasteiger partial charge in [-0.15, -0.1) is 0 Å². The van der Waals surface area contributed by atoms with Gasteiger partial charge in [-0.2, -0.15) is 5.10 Å². The number of nitro benzene ring substituents is 1. The first-order valence-electron chi connectivity index (χ1n) is 9.77. The molecule has 154 valence electrons. The van der Waals surface area contributed by atoms with Crippen molar-refractivity contribution in [2.24, 2.45) is 23.9 Å². The van der Waals surface area contributed by atoms with E-state index in [1.807, 2.05) is 0 Å². The van der Waals surface area contributed by atoms with E-state index in [9.17, 15) is 14.9 Å². The van der Waals surface area contributed by atoms with E-state index >= 15 is 0 Å². The minimum atomic E-state index is -0.737. The highest BCUT2D eigenvalue weighted by molar-refractivity contribution is 6.05. The van der Waals surface area contributed by atoms with Gasteiger partial charge in [-0.1, -0.05) is 32.0 Å². The number of esters is 1. The largest absolute Gasteiger partial charge is 0.465 e. The molecule has 1 aromatic heterocycles. The average molecular weight is 398 g/mol. The molecule has 0 saturated heterocycles. The van der Waals surface area contributed by atoms with E-state index in [1.165, 1.54) is 6.07 Å². The fourth-order valence-corrected chi connectivity index (χ4v) is 4.01. The van der Waals surface area contributed by atoms with E-state index in [2.05, 4.69) is 23.9 Å². The number of carbonyl (C=O) groups excluding carboxylic acids is 1. The van der Waals surface area contributed by atoms with E-state index in [-0.39, 0.29) is 12.3 Å². The molecule has 1 aliphatic rings. The highest BCUT2D eigenvalue weighted by Crippen LogP contribution is 2.47. The molecule has 8 nitrogen and oxygen atoms in total. The van der Waals surface area contributed by atoms with Gasteiger partial charge in [0.1, 0.15) is 5.92 Å². The molecule has 1 aromatic carbocycles. The first-order chi connectivity index (χ1) is 13.8. The Morgan fingerprint density at radius 1 is 1.34 bits per heavy atom. The van der Waals surface area contributed by atoms with Crippen LogP contribution in [0.3, 0.4) is 0 Å². The number of benzene rings is 1. The predicted octanol–water partition coefficient (Wildman–Crippen LogP) is 3.94. The van der Waals surface area contributed by atoms with Gasteiger partial charge < -0.3 is 4.74 Å². The average Bonchev–Trinajstić information content (AvgIpc) is 2.95. The molecule has 2 atom stereocenters. The van der Waals surface area contributed by atoms with E-state index < -0.39 is 22.7 Å². The van der Waals surface area contributed by atoms with Gasteiger partial charge in [-0.05, 0) is 26.2 Å². The summed E-state index contributed by atoms with van der Waals surface area (Å²) in [6.45, 7) is 7.90. The first kappa shape index (κ1) is 20.7. The fraction of sp³-hybridized carbons (Fsp3) is 0.476. The van der Waals surface area contributed by atoms with Crippen molar-refractivity contribution in [2.45, 2.75) is 40.0 Å². The molecule has 0 amide bonds. The van der Waals surface area contributed by atoms with Crippen molar-refractivity contribution in [2.75, 3.05) is 6.61 Å². The number of nitrogens with zero attached hydrogens (tertiary/aromatic N) is 4. The van der Waals surface area contributed by atoms with Crippen LogP contribution in [-0.4, -0.2) is 33.0 Å². The lowest BCUT2D eigenvalue weighted by molar-refractivity contribution is -0.385. The van der Waals surface area contributed by atoms with Crippen LogP contribution in [0.1, 0.15) is 50.4 Å². The number of aromatic nitrogens is 2. The molecule has 0 aliphatic carbocycles. The molecular weight excluding hydrogens is 372 g/mol. The molecule has 2 aromatic rings. The van der Waals surface area contributed by atoms with Crippen molar-refractivity contribution in [3.05, 3.63) is 51.2 Å². The second kappa shape index (κ2) is 8.14. The van der Waals surface area contributed by atoms with Crippen LogP contribution in [0.2, 0.25) is 0 Å². The summed E-state index contributed by atoms with van der Waals surface area (Å²) in [5.41, 5.74) is 2.61. The maximum Gasteiger partial charge on any atom is 0.315 e. The molecule has 0 spiro atoms. The number of para-hydroxylation sites is 1.